The molecule has 0 bridgehead atoms. The summed E-state index contributed by atoms with van der Waals surface area (Å²) in [6.45, 7) is 3.87. The smallest absolute Gasteiger partial charge is 0.354 e. The van der Waals surface area contributed by atoms with Gasteiger partial charge in [0.2, 0.25) is 0 Å². The van der Waals surface area contributed by atoms with Crippen LogP contribution in [0.4, 0.5) is 0 Å². The summed E-state index contributed by atoms with van der Waals surface area (Å²) >= 11 is 0. The third-order valence-electron chi connectivity index (χ3n) is 13.8. The fourth-order valence-electron chi connectivity index (χ4n) is 10.0. The summed E-state index contributed by atoms with van der Waals surface area (Å²) < 4.78 is 51.3. The number of carbonyl (C=O) groups is 3. The number of benzene rings is 3. The van der Waals surface area contributed by atoms with E-state index < -0.39 is 17.9 Å². The van der Waals surface area contributed by atoms with Crippen molar-refractivity contribution in [2.45, 2.75) is 32.5 Å². The Bertz CT molecular complexity index is 2960. The Kier molecular flexibility index (Phi) is 20.3. The molecule has 6 aromatic rings. The fourth-order valence-corrected chi connectivity index (χ4v) is 10.0. The van der Waals surface area contributed by atoms with Crippen molar-refractivity contribution in [3.63, 3.8) is 0 Å². The number of hydrogen-bond donors (Lipinski definition) is 4. The fraction of sp³-hybridized carbons (Fsp3) is 0.379. The van der Waals surface area contributed by atoms with Gasteiger partial charge in [0.15, 0.2) is 0 Å². The molecule has 0 saturated carbocycles. The zero-order valence-corrected chi connectivity index (χ0v) is 46.5. The second-order valence-corrected chi connectivity index (χ2v) is 18.9. The van der Waals surface area contributed by atoms with Gasteiger partial charge in [0, 0.05) is 95.3 Å². The number of aromatic nitrogens is 3. The topological polar surface area (TPSA) is 269 Å². The van der Waals surface area contributed by atoms with Crippen LogP contribution in [-0.2, 0) is 19.6 Å². The monoisotopic (exact) mass is 1100 g/mol. The van der Waals surface area contributed by atoms with Gasteiger partial charge in [-0.2, -0.15) is 0 Å². The van der Waals surface area contributed by atoms with E-state index in [0.717, 1.165) is 6.42 Å². The second-order valence-electron chi connectivity index (χ2n) is 18.9. The number of ether oxygens (including phenoxy) is 9. The lowest BCUT2D eigenvalue weighted by atomic mass is 9.99. The molecule has 7 rings (SSSR count). The van der Waals surface area contributed by atoms with Crippen LogP contribution in [0, 0.1) is 5.92 Å². The minimum absolute atomic E-state index is 0.0103. The van der Waals surface area contributed by atoms with Crippen molar-refractivity contribution in [3.05, 3.63) is 107 Å². The zero-order chi connectivity index (χ0) is 57.6. The summed E-state index contributed by atoms with van der Waals surface area (Å²) in [7, 11) is 13.6. The highest BCUT2D eigenvalue weighted by Gasteiger charge is 2.28. The maximum Gasteiger partial charge on any atom is 0.354 e. The van der Waals surface area contributed by atoms with Crippen LogP contribution in [0.5, 0.6) is 51.7 Å². The van der Waals surface area contributed by atoms with E-state index in [1.54, 1.807) is 36.4 Å². The first-order valence-electron chi connectivity index (χ1n) is 25.6. The van der Waals surface area contributed by atoms with Crippen LogP contribution in [0.1, 0.15) is 61.4 Å². The van der Waals surface area contributed by atoms with Crippen molar-refractivity contribution in [3.8, 4) is 85.1 Å². The van der Waals surface area contributed by atoms with Gasteiger partial charge in [-0.15, -0.1) is 0 Å². The number of carboxylic acid groups (broad SMARTS) is 3. The molecule has 1 saturated heterocycles. The van der Waals surface area contributed by atoms with Crippen LogP contribution in [-0.4, -0.2) is 173 Å². The van der Waals surface area contributed by atoms with Crippen molar-refractivity contribution < 1.29 is 72.3 Å². The number of carboxylic acids is 3. The summed E-state index contributed by atoms with van der Waals surface area (Å²) in [4.78, 5) is 59.1. The molecule has 0 spiro atoms. The molecule has 80 heavy (non-hydrogen) atoms. The summed E-state index contributed by atoms with van der Waals surface area (Å²) in [6.07, 6.45) is 1.43. The average Bonchev–Trinajstić information content (AvgIpc) is 3.51. The summed E-state index contributed by atoms with van der Waals surface area (Å²) in [6, 6.07) is 20.1. The molecule has 0 radical (unpaired) electrons. The van der Waals surface area contributed by atoms with E-state index in [1.807, 2.05) is 18.2 Å². The van der Waals surface area contributed by atoms with Crippen molar-refractivity contribution >= 4 is 17.9 Å². The number of methoxy groups -OCH3 is 9. The molecule has 5 N–H and O–H groups in total. The minimum Gasteiger partial charge on any atom is -0.496 e. The number of rotatable bonds is 24. The molecule has 0 unspecified atom stereocenters. The lowest BCUT2D eigenvalue weighted by Crippen LogP contribution is -2.45. The molecule has 22 nitrogen and oxygen atoms in total. The highest BCUT2D eigenvalue weighted by molar-refractivity contribution is 5.91. The predicted octanol–water partition coefficient (Wildman–Crippen LogP) is 7.22. The van der Waals surface area contributed by atoms with Gasteiger partial charge in [-0.1, -0.05) is 0 Å². The van der Waals surface area contributed by atoms with Crippen LogP contribution in [0.3, 0.4) is 0 Å². The van der Waals surface area contributed by atoms with E-state index in [9.17, 15) is 29.7 Å². The summed E-state index contributed by atoms with van der Waals surface area (Å²) in [5.41, 5.74) is 10.0. The van der Waals surface area contributed by atoms with Gasteiger partial charge in [0.1, 0.15) is 68.8 Å². The van der Waals surface area contributed by atoms with Gasteiger partial charge in [-0.3, -0.25) is 14.7 Å². The van der Waals surface area contributed by atoms with Crippen LogP contribution in [0.2, 0.25) is 0 Å². The highest BCUT2D eigenvalue weighted by Crippen LogP contribution is 2.45. The SMILES string of the molecule is COc1cc(OC)c(-c2cc(CN3CCN(Cc4cc(-c5c(OC)cc(OC)cc5OC)cc(C(=O)O)n4)CC(CCCN)CN(Cc4cc(-c5c(OC)cc(OC)cc5OC)cc(C(=O)O)n4)CC3)nc(C(=O)O)c2)c(OC)c1. The molecule has 0 amide bonds. The van der Waals surface area contributed by atoms with Gasteiger partial charge < -0.3 is 63.7 Å². The maximum atomic E-state index is 12.8. The quantitative estimate of drug-likeness (QED) is 0.0466. The molecule has 4 heterocycles. The number of hydrogen-bond acceptors (Lipinski definition) is 19. The Balaban J connectivity index is 1.34. The molecule has 426 valence electrons. The molecular formula is C58H69N7O15. The van der Waals surface area contributed by atoms with E-state index in [1.165, 1.54) is 82.2 Å². The van der Waals surface area contributed by atoms with Gasteiger partial charge >= 0.3 is 17.9 Å². The van der Waals surface area contributed by atoms with Crippen LogP contribution in [0.25, 0.3) is 33.4 Å². The minimum atomic E-state index is -1.23. The third-order valence-corrected chi connectivity index (χ3v) is 13.8. The van der Waals surface area contributed by atoms with Crippen molar-refractivity contribution in [2.75, 3.05) is 110 Å². The standard InChI is InChI=1S/C58H69N7O15/c1-72-41-23-47(75-4)53(48(24-41)76-5)35-17-38(60-44(20-35)56(66)67)31-63-13-15-64(32-39-18-36(21-45(61-39)57(68)69)54-49(77-6)25-42(73-2)26-50(54)78-7)29-34(11-10-12-59)30-65(16-14-63)33-40-19-37(22-46(62-40)58(70)71)55-51(79-8)27-43(74-3)28-52(55)80-9/h17-28,34H,10-16,29-33,59H2,1-9H3,(H,66,67)(H,68,69)(H,70,71). The summed E-state index contributed by atoms with van der Waals surface area (Å²) in [5.74, 6) is 0.128. The number of pyridine rings is 3. The van der Waals surface area contributed by atoms with Crippen molar-refractivity contribution in [1.29, 1.82) is 0 Å². The maximum absolute atomic E-state index is 12.8. The van der Waals surface area contributed by atoms with Gasteiger partial charge in [-0.25, -0.2) is 29.3 Å². The first kappa shape index (κ1) is 59.2. The predicted molar refractivity (Wildman–Crippen MR) is 296 cm³/mol. The molecule has 0 aliphatic carbocycles. The Morgan fingerprint density at radius 1 is 0.438 bits per heavy atom. The second kappa shape index (κ2) is 27.4. The van der Waals surface area contributed by atoms with E-state index in [-0.39, 0.29) is 42.6 Å². The molecule has 3 aromatic carbocycles. The molecular weight excluding hydrogens is 1030 g/mol. The number of nitrogens with zero attached hydrogens (tertiary/aromatic N) is 6. The Hall–Kier alpha value is -8.44. The van der Waals surface area contributed by atoms with Crippen LogP contribution in [0.15, 0.2) is 72.8 Å². The van der Waals surface area contributed by atoms with E-state index in [4.69, 9.17) is 48.4 Å². The first-order chi connectivity index (χ1) is 38.6. The molecule has 1 aliphatic rings. The Morgan fingerprint density at radius 2 is 0.713 bits per heavy atom. The Labute approximate surface area is 464 Å². The van der Waals surface area contributed by atoms with E-state index in [2.05, 4.69) is 29.7 Å². The van der Waals surface area contributed by atoms with E-state index >= 15 is 0 Å². The zero-order valence-electron chi connectivity index (χ0n) is 46.5. The number of nitrogens with two attached hydrogens (primary N) is 1. The largest absolute Gasteiger partial charge is 0.496 e. The third kappa shape index (κ3) is 14.2. The highest BCUT2D eigenvalue weighted by atomic mass is 16.5. The molecule has 22 heteroatoms. The summed E-state index contributed by atoms with van der Waals surface area (Å²) in [5, 5.41) is 31.4. The van der Waals surface area contributed by atoms with Gasteiger partial charge in [-0.05, 0) is 78.4 Å². The average molecular weight is 1100 g/mol. The van der Waals surface area contributed by atoms with Crippen molar-refractivity contribution in [2.24, 2.45) is 11.7 Å². The first-order valence-corrected chi connectivity index (χ1v) is 25.6. The molecule has 1 fully saturated rings. The molecule has 1 aliphatic heterocycles. The molecule has 0 atom stereocenters. The van der Waals surface area contributed by atoms with Crippen molar-refractivity contribution in [1.82, 2.24) is 29.7 Å². The Morgan fingerprint density at radius 3 is 0.963 bits per heavy atom. The van der Waals surface area contributed by atoms with Crippen LogP contribution >= 0.6 is 0 Å². The lowest BCUT2D eigenvalue weighted by Gasteiger charge is -2.36. The number of aromatic carboxylic acids is 3. The van der Waals surface area contributed by atoms with E-state index in [0.29, 0.717) is 154 Å². The van der Waals surface area contributed by atoms with Gasteiger partial charge in [0.05, 0.1) is 97.8 Å². The lowest BCUT2D eigenvalue weighted by molar-refractivity contribution is 0.0678. The normalized spacial score (nSPS) is 13.7. The van der Waals surface area contributed by atoms with Gasteiger partial charge in [0.25, 0.3) is 0 Å². The molecule has 3 aromatic heterocycles. The van der Waals surface area contributed by atoms with Crippen LogP contribution < -0.4 is 48.4 Å².